The van der Waals surface area contributed by atoms with E-state index < -0.39 is 0 Å². The summed E-state index contributed by atoms with van der Waals surface area (Å²) in [6.07, 6.45) is 10.4. The second kappa shape index (κ2) is 4.46. The summed E-state index contributed by atoms with van der Waals surface area (Å²) in [4.78, 5) is 0. The topological polar surface area (TPSA) is 0 Å². The van der Waals surface area contributed by atoms with E-state index in [1.807, 2.05) is 6.92 Å². The highest BCUT2D eigenvalue weighted by Gasteiger charge is 1.82. The van der Waals surface area contributed by atoms with E-state index in [0.29, 0.717) is 0 Å². The summed E-state index contributed by atoms with van der Waals surface area (Å²) in [6, 6.07) is 0. The van der Waals surface area contributed by atoms with Gasteiger partial charge in [-0.1, -0.05) is 17.6 Å². The summed E-state index contributed by atoms with van der Waals surface area (Å²) < 4.78 is 0. The molecule has 0 heterocycles. The zero-order valence-electron chi connectivity index (χ0n) is 5.49. The SMILES string of the molecule is [C]#CCCC(C)=CC. The van der Waals surface area contributed by atoms with Crippen molar-refractivity contribution in [2.45, 2.75) is 26.7 Å². The summed E-state index contributed by atoms with van der Waals surface area (Å²) in [7, 11) is 0. The molecular formula is C8H11. The van der Waals surface area contributed by atoms with Gasteiger partial charge < -0.3 is 0 Å². The van der Waals surface area contributed by atoms with Crippen LogP contribution >= 0.6 is 0 Å². The Balaban J connectivity index is 3.29. The predicted octanol–water partition coefficient (Wildman–Crippen LogP) is 2.32. The molecule has 0 aliphatic heterocycles. The first-order chi connectivity index (χ1) is 3.81. The Labute approximate surface area is 51.6 Å². The highest BCUT2D eigenvalue weighted by Crippen LogP contribution is 2.00. The van der Waals surface area contributed by atoms with Gasteiger partial charge in [-0.25, -0.2) is 0 Å². The third-order valence-electron chi connectivity index (χ3n) is 1.14. The first-order valence-corrected chi connectivity index (χ1v) is 2.82. The van der Waals surface area contributed by atoms with Crippen molar-refractivity contribution in [1.82, 2.24) is 0 Å². The molecule has 0 saturated heterocycles. The predicted molar refractivity (Wildman–Crippen MR) is 35.8 cm³/mol. The van der Waals surface area contributed by atoms with E-state index in [0.717, 1.165) is 12.8 Å². The van der Waals surface area contributed by atoms with Crippen LogP contribution in [0.2, 0.25) is 0 Å². The third kappa shape index (κ3) is 3.49. The summed E-state index contributed by atoms with van der Waals surface area (Å²) >= 11 is 0. The van der Waals surface area contributed by atoms with Crippen LogP contribution in [0.15, 0.2) is 11.6 Å². The van der Waals surface area contributed by atoms with Crippen LogP contribution in [0, 0.1) is 12.3 Å². The maximum atomic E-state index is 6.59. The highest BCUT2D eigenvalue weighted by atomic mass is 13.9. The maximum absolute atomic E-state index is 6.59. The van der Waals surface area contributed by atoms with Crippen LogP contribution in [0.1, 0.15) is 26.7 Å². The van der Waals surface area contributed by atoms with Gasteiger partial charge in [-0.15, -0.1) is 0 Å². The van der Waals surface area contributed by atoms with E-state index in [1.54, 1.807) is 0 Å². The van der Waals surface area contributed by atoms with E-state index in [4.69, 9.17) is 6.42 Å². The van der Waals surface area contributed by atoms with Gasteiger partial charge in [0.1, 0.15) is 0 Å². The average molecular weight is 107 g/mol. The Kier molecular flexibility index (Phi) is 4.07. The Morgan fingerprint density at radius 1 is 1.75 bits per heavy atom. The molecule has 43 valence electrons. The van der Waals surface area contributed by atoms with E-state index in [-0.39, 0.29) is 0 Å². The number of hydrogen-bond donors (Lipinski definition) is 0. The fourth-order valence-corrected chi connectivity index (χ4v) is 0.404. The van der Waals surface area contributed by atoms with Crippen molar-refractivity contribution in [1.29, 1.82) is 0 Å². The van der Waals surface area contributed by atoms with Crippen LogP contribution in [-0.2, 0) is 0 Å². The Morgan fingerprint density at radius 3 is 2.75 bits per heavy atom. The van der Waals surface area contributed by atoms with Crippen molar-refractivity contribution in [3.05, 3.63) is 18.1 Å². The number of rotatable bonds is 2. The van der Waals surface area contributed by atoms with Gasteiger partial charge in [-0.3, -0.25) is 0 Å². The third-order valence-corrected chi connectivity index (χ3v) is 1.14. The zero-order valence-corrected chi connectivity index (χ0v) is 5.49. The van der Waals surface area contributed by atoms with Gasteiger partial charge in [0.25, 0.3) is 0 Å². The van der Waals surface area contributed by atoms with E-state index in [9.17, 15) is 0 Å². The largest absolute Gasteiger partial charge is 0.0888 e. The first-order valence-electron chi connectivity index (χ1n) is 2.82. The molecule has 0 saturated carbocycles. The second-order valence-corrected chi connectivity index (χ2v) is 1.81. The lowest BCUT2D eigenvalue weighted by Crippen LogP contribution is -1.72. The van der Waals surface area contributed by atoms with Gasteiger partial charge in [-0.2, -0.15) is 0 Å². The molecule has 0 aromatic rings. The van der Waals surface area contributed by atoms with Crippen LogP contribution in [0.4, 0.5) is 0 Å². The molecule has 0 unspecified atom stereocenters. The molecule has 0 aliphatic rings. The molecule has 0 nitrogen and oxygen atoms in total. The lowest BCUT2D eigenvalue weighted by molar-refractivity contribution is 0.997. The summed E-state index contributed by atoms with van der Waals surface area (Å²) in [6.45, 7) is 4.08. The fraction of sp³-hybridized carbons (Fsp3) is 0.500. The molecule has 0 N–H and O–H groups in total. The fourth-order valence-electron chi connectivity index (χ4n) is 0.404. The van der Waals surface area contributed by atoms with Crippen LogP contribution in [0.25, 0.3) is 0 Å². The lowest BCUT2D eigenvalue weighted by atomic mass is 10.2. The molecule has 0 rings (SSSR count). The quantitative estimate of drug-likeness (QED) is 0.375. The smallest absolute Gasteiger partial charge is 0.0136 e. The molecule has 0 bridgehead atoms. The van der Waals surface area contributed by atoms with Gasteiger partial charge in [0.05, 0.1) is 0 Å². The van der Waals surface area contributed by atoms with Crippen molar-refractivity contribution in [2.75, 3.05) is 0 Å². The summed E-state index contributed by atoms with van der Waals surface area (Å²) in [5.41, 5.74) is 1.34. The van der Waals surface area contributed by atoms with Gasteiger partial charge >= 0.3 is 0 Å². The molecule has 0 heteroatoms. The van der Waals surface area contributed by atoms with Crippen molar-refractivity contribution >= 4 is 0 Å². The van der Waals surface area contributed by atoms with Crippen molar-refractivity contribution < 1.29 is 0 Å². The maximum Gasteiger partial charge on any atom is 0.0136 e. The van der Waals surface area contributed by atoms with Gasteiger partial charge in [0, 0.05) is 6.42 Å². The standard InChI is InChI=1S/C8H11/c1-4-6-7-8(3)5-2/h5H,6-7H2,2-3H3. The normalized spacial score (nSPS) is 10.9. The van der Waals surface area contributed by atoms with Crippen LogP contribution in [0.5, 0.6) is 0 Å². The molecular weight excluding hydrogens is 96.1 g/mol. The Morgan fingerprint density at radius 2 is 2.38 bits per heavy atom. The van der Waals surface area contributed by atoms with Gasteiger partial charge in [0.15, 0.2) is 0 Å². The van der Waals surface area contributed by atoms with E-state index in [1.165, 1.54) is 5.57 Å². The molecule has 8 heavy (non-hydrogen) atoms. The minimum absolute atomic E-state index is 0.760. The summed E-state index contributed by atoms with van der Waals surface area (Å²) in [5.74, 6) is 2.34. The highest BCUT2D eigenvalue weighted by molar-refractivity contribution is 4.98. The first kappa shape index (κ1) is 7.30. The van der Waals surface area contributed by atoms with Crippen LogP contribution in [0.3, 0.4) is 0 Å². The molecule has 1 radical (unpaired) electrons. The van der Waals surface area contributed by atoms with Crippen LogP contribution < -0.4 is 0 Å². The average Bonchev–Trinajstić information content (AvgIpc) is 1.83. The molecule has 0 atom stereocenters. The van der Waals surface area contributed by atoms with Crippen molar-refractivity contribution in [3.63, 3.8) is 0 Å². The Hall–Kier alpha value is -0.700. The molecule has 0 aromatic carbocycles. The number of allylic oxidation sites excluding steroid dienone is 2. The second-order valence-electron chi connectivity index (χ2n) is 1.81. The van der Waals surface area contributed by atoms with E-state index in [2.05, 4.69) is 18.9 Å². The van der Waals surface area contributed by atoms with Crippen LogP contribution in [-0.4, -0.2) is 0 Å². The molecule has 0 fully saturated rings. The minimum atomic E-state index is 0.760. The van der Waals surface area contributed by atoms with Crippen molar-refractivity contribution in [3.8, 4) is 5.92 Å². The zero-order chi connectivity index (χ0) is 6.41. The summed E-state index contributed by atoms with van der Waals surface area (Å²) in [5, 5.41) is 0. The molecule has 0 spiro atoms. The number of hydrogen-bond acceptors (Lipinski definition) is 0. The molecule has 0 amide bonds. The lowest BCUT2D eigenvalue weighted by Gasteiger charge is -1.90. The molecule has 0 aliphatic carbocycles. The van der Waals surface area contributed by atoms with Gasteiger partial charge in [0.2, 0.25) is 0 Å². The monoisotopic (exact) mass is 107 g/mol. The van der Waals surface area contributed by atoms with E-state index >= 15 is 0 Å². The van der Waals surface area contributed by atoms with Crippen molar-refractivity contribution in [2.24, 2.45) is 0 Å². The molecule has 0 aromatic heterocycles. The minimum Gasteiger partial charge on any atom is -0.0888 e. The van der Waals surface area contributed by atoms with Gasteiger partial charge in [-0.05, 0) is 26.7 Å². The Bertz CT molecular complexity index is 112.